The third kappa shape index (κ3) is 14.7. The van der Waals surface area contributed by atoms with E-state index in [1.807, 2.05) is 47.4 Å². The molecule has 18 heteroatoms. The molecule has 0 aliphatic carbocycles. The number of hydrogen-bond acceptors (Lipinski definition) is 11. The Morgan fingerprint density at radius 3 is 2.03 bits per heavy atom. The van der Waals surface area contributed by atoms with Gasteiger partial charge in [0.1, 0.15) is 30.6 Å². The van der Waals surface area contributed by atoms with Crippen molar-refractivity contribution in [2.24, 2.45) is 0 Å². The Kier molecular flexibility index (Phi) is 17.6. The number of ether oxygens (including phenoxy) is 3. The highest BCUT2D eigenvalue weighted by atomic mass is 35.5. The molecule has 4 aromatic carbocycles. The number of rotatable bonds is 20. The number of likely N-dealkylation sites (N-methyl/N-ethyl adjacent to an activating group) is 2. The van der Waals surface area contributed by atoms with Gasteiger partial charge >= 0.3 is 29.9 Å². The van der Waals surface area contributed by atoms with Crippen LogP contribution in [0.4, 0.5) is 25.8 Å². The van der Waals surface area contributed by atoms with Gasteiger partial charge in [0.2, 0.25) is 5.91 Å². The zero-order valence-corrected chi connectivity index (χ0v) is 36.1. The second-order valence-corrected chi connectivity index (χ2v) is 15.0. The van der Waals surface area contributed by atoms with E-state index in [4.69, 9.17) is 41.8 Å². The number of aliphatic carboxylic acids is 1. The van der Waals surface area contributed by atoms with Crippen LogP contribution in [-0.2, 0) is 45.1 Å². The Hall–Kier alpha value is -6.78. The number of anilines is 2. The number of benzene rings is 4. The SMILES string of the molecule is CN(CCN(C)C(=O)Oc1ccc2cc(COC(=O)NC(Cc3ccc(N(CCCl)CCCl)cc3)C(=O)O)c(=O)oc2c1)C(=O)OCc1ccc(NC(=O)Cc2ccccc2)cc1. The van der Waals surface area contributed by atoms with Crippen molar-refractivity contribution in [3.05, 3.63) is 136 Å². The van der Waals surface area contributed by atoms with Gasteiger partial charge in [0, 0.05) is 81.3 Å². The Bertz CT molecular complexity index is 2390. The minimum absolute atomic E-state index is 0.00280. The van der Waals surface area contributed by atoms with Gasteiger partial charge in [-0.05, 0) is 59.2 Å². The van der Waals surface area contributed by atoms with Crippen molar-refractivity contribution in [2.75, 3.05) is 62.3 Å². The van der Waals surface area contributed by atoms with Crippen LogP contribution >= 0.6 is 23.2 Å². The van der Waals surface area contributed by atoms with Crippen molar-refractivity contribution >= 4 is 75.7 Å². The molecule has 1 unspecified atom stereocenters. The highest BCUT2D eigenvalue weighted by molar-refractivity contribution is 6.18. The number of halogens is 2. The number of nitrogens with one attached hydrogen (secondary N) is 2. The number of nitrogens with zero attached hydrogens (tertiary/aromatic N) is 3. The van der Waals surface area contributed by atoms with Crippen LogP contribution in [0.2, 0.25) is 0 Å². The van der Waals surface area contributed by atoms with E-state index in [2.05, 4.69) is 10.6 Å². The number of amides is 4. The minimum Gasteiger partial charge on any atom is -0.480 e. The van der Waals surface area contributed by atoms with Crippen LogP contribution in [-0.4, -0.2) is 103 Å². The van der Waals surface area contributed by atoms with Crippen molar-refractivity contribution in [3.8, 4) is 5.75 Å². The topological polar surface area (TPSA) is 197 Å². The number of alkyl halides is 2. The van der Waals surface area contributed by atoms with Crippen molar-refractivity contribution in [1.82, 2.24) is 15.1 Å². The maximum absolute atomic E-state index is 12.8. The van der Waals surface area contributed by atoms with E-state index in [0.717, 1.165) is 11.3 Å². The number of alkyl carbamates (subject to hydrolysis) is 1. The summed E-state index contributed by atoms with van der Waals surface area (Å²) in [6.45, 7) is 0.902. The fourth-order valence-electron chi connectivity index (χ4n) is 6.07. The number of carboxylic acid groups (broad SMARTS) is 1. The van der Waals surface area contributed by atoms with Gasteiger partial charge in [0.05, 0.1) is 12.0 Å². The average molecular weight is 905 g/mol. The number of carboxylic acids is 1. The summed E-state index contributed by atoms with van der Waals surface area (Å²) >= 11 is 11.8. The molecule has 0 saturated heterocycles. The minimum atomic E-state index is -1.31. The molecule has 1 aromatic heterocycles. The van der Waals surface area contributed by atoms with Crippen LogP contribution in [0.3, 0.4) is 0 Å². The first-order valence-corrected chi connectivity index (χ1v) is 20.8. The lowest BCUT2D eigenvalue weighted by Crippen LogP contribution is -2.42. The summed E-state index contributed by atoms with van der Waals surface area (Å²) in [5.41, 5.74) is 3.02. The van der Waals surface area contributed by atoms with Crippen molar-refractivity contribution < 1.29 is 47.7 Å². The maximum Gasteiger partial charge on any atom is 0.415 e. The van der Waals surface area contributed by atoms with Crippen LogP contribution < -0.4 is 25.9 Å². The predicted molar refractivity (Wildman–Crippen MR) is 238 cm³/mol. The second-order valence-electron chi connectivity index (χ2n) is 14.3. The third-order valence-corrected chi connectivity index (χ3v) is 9.92. The molecular weight excluding hydrogens is 857 g/mol. The zero-order chi connectivity index (χ0) is 45.3. The molecule has 4 amide bonds. The van der Waals surface area contributed by atoms with Crippen LogP contribution in [0.25, 0.3) is 11.0 Å². The first-order valence-electron chi connectivity index (χ1n) is 19.7. The number of carbonyl (C=O) groups is 5. The third-order valence-electron chi connectivity index (χ3n) is 9.59. The summed E-state index contributed by atoms with van der Waals surface area (Å²) in [5, 5.41) is 15.4. The molecule has 0 saturated carbocycles. The Labute approximate surface area is 373 Å². The van der Waals surface area contributed by atoms with Crippen LogP contribution in [0.1, 0.15) is 22.3 Å². The lowest BCUT2D eigenvalue weighted by Gasteiger charge is -2.23. The van der Waals surface area contributed by atoms with E-state index in [-0.39, 0.29) is 55.3 Å². The summed E-state index contributed by atoms with van der Waals surface area (Å²) in [6.07, 6.45) is -2.17. The Balaban J connectivity index is 1.04. The van der Waals surface area contributed by atoms with Gasteiger partial charge in [0.25, 0.3) is 0 Å². The number of hydrogen-bond donors (Lipinski definition) is 3. The van der Waals surface area contributed by atoms with E-state index in [1.54, 1.807) is 42.5 Å². The van der Waals surface area contributed by atoms with Crippen molar-refractivity contribution in [3.63, 3.8) is 0 Å². The molecule has 0 aliphatic heterocycles. The molecule has 3 N–H and O–H groups in total. The van der Waals surface area contributed by atoms with E-state index in [1.165, 1.54) is 42.1 Å². The molecule has 5 rings (SSSR count). The second kappa shape index (κ2) is 23.4. The lowest BCUT2D eigenvalue weighted by molar-refractivity contribution is -0.139. The molecule has 63 heavy (non-hydrogen) atoms. The van der Waals surface area contributed by atoms with E-state index in [0.29, 0.717) is 47.1 Å². The average Bonchev–Trinajstić information content (AvgIpc) is 3.27. The maximum atomic E-state index is 12.8. The molecule has 332 valence electrons. The fraction of sp³-hybridized carbons (Fsp3) is 0.289. The van der Waals surface area contributed by atoms with Crippen LogP contribution in [0.5, 0.6) is 5.75 Å². The first kappa shape index (κ1) is 47.3. The molecular formula is C45H47Cl2N5O11. The first-order chi connectivity index (χ1) is 30.3. The molecule has 16 nitrogen and oxygen atoms in total. The number of carbonyl (C=O) groups excluding carboxylic acids is 4. The summed E-state index contributed by atoms with van der Waals surface area (Å²) in [5.74, 6) is -0.520. The standard InChI is InChI=1S/C45H47Cl2N5O11/c1-50(44(58)61-28-32-8-13-35(14-9-32)48-40(53)25-30-6-4-3-5-7-30)22-23-51(2)45(59)62-37-17-12-33-26-34(42(56)63-39(33)27-37)29-60-43(57)49-38(41(54)55)24-31-10-15-36(16-11-31)52(20-18-46)21-19-47/h3-17,26-27,38H,18-25,28-29H2,1-2H3,(H,48,53)(H,49,57)(H,54,55). The predicted octanol–water partition coefficient (Wildman–Crippen LogP) is 6.88. The highest BCUT2D eigenvalue weighted by Gasteiger charge is 2.22. The molecule has 0 spiro atoms. The molecule has 1 heterocycles. The van der Waals surface area contributed by atoms with Gasteiger partial charge in [0.15, 0.2) is 0 Å². The quantitative estimate of drug-likeness (QED) is 0.0542. The zero-order valence-electron chi connectivity index (χ0n) is 34.6. The van der Waals surface area contributed by atoms with Gasteiger partial charge in [-0.15, -0.1) is 23.2 Å². The Morgan fingerprint density at radius 1 is 0.730 bits per heavy atom. The fourth-order valence-corrected chi connectivity index (χ4v) is 6.47. The van der Waals surface area contributed by atoms with Crippen molar-refractivity contribution in [1.29, 1.82) is 0 Å². The molecule has 0 radical (unpaired) electrons. The monoisotopic (exact) mass is 903 g/mol. The Morgan fingerprint density at radius 2 is 1.38 bits per heavy atom. The van der Waals surface area contributed by atoms with Gasteiger partial charge < -0.3 is 49.1 Å². The summed E-state index contributed by atoms with van der Waals surface area (Å²) < 4.78 is 21.4. The van der Waals surface area contributed by atoms with Gasteiger partial charge in [-0.25, -0.2) is 24.0 Å². The van der Waals surface area contributed by atoms with Gasteiger partial charge in [-0.1, -0.05) is 54.6 Å². The summed E-state index contributed by atoms with van der Waals surface area (Å²) in [6, 6.07) is 28.0. The van der Waals surface area contributed by atoms with Gasteiger partial charge in [-0.2, -0.15) is 0 Å². The molecule has 0 fully saturated rings. The van der Waals surface area contributed by atoms with Gasteiger partial charge in [-0.3, -0.25) is 4.79 Å². The summed E-state index contributed by atoms with van der Waals surface area (Å²) in [4.78, 5) is 79.7. The highest BCUT2D eigenvalue weighted by Crippen LogP contribution is 2.22. The van der Waals surface area contributed by atoms with Crippen LogP contribution in [0.15, 0.2) is 112 Å². The van der Waals surface area contributed by atoms with Crippen LogP contribution in [0, 0.1) is 0 Å². The molecule has 0 aliphatic rings. The smallest absolute Gasteiger partial charge is 0.415 e. The van der Waals surface area contributed by atoms with Crippen molar-refractivity contribution in [2.45, 2.75) is 32.1 Å². The van der Waals surface area contributed by atoms with E-state index < -0.39 is 42.5 Å². The number of fused-ring (bicyclic) bond motifs is 1. The lowest BCUT2D eigenvalue weighted by atomic mass is 10.1. The van der Waals surface area contributed by atoms with E-state index >= 15 is 0 Å². The summed E-state index contributed by atoms with van der Waals surface area (Å²) in [7, 11) is 3.02. The van der Waals surface area contributed by atoms with E-state index in [9.17, 15) is 33.9 Å². The molecule has 1 atom stereocenters. The largest absolute Gasteiger partial charge is 0.480 e. The molecule has 0 bridgehead atoms. The normalized spacial score (nSPS) is 11.2. The molecule has 5 aromatic rings.